The van der Waals surface area contributed by atoms with Gasteiger partial charge in [0.1, 0.15) is 5.82 Å². The molecule has 0 saturated heterocycles. The summed E-state index contributed by atoms with van der Waals surface area (Å²) in [5.41, 5.74) is 11.7. The zero-order valence-electron chi connectivity index (χ0n) is 10.8. The number of anilines is 1. The van der Waals surface area contributed by atoms with Gasteiger partial charge < -0.3 is 10.7 Å². The van der Waals surface area contributed by atoms with E-state index in [1.165, 1.54) is 11.1 Å². The molecular formula is C15H14ClN3. The monoisotopic (exact) mass is 271 g/mol. The van der Waals surface area contributed by atoms with Crippen LogP contribution in [0.5, 0.6) is 0 Å². The quantitative estimate of drug-likeness (QED) is 0.655. The average molecular weight is 272 g/mol. The molecule has 0 aliphatic heterocycles. The summed E-state index contributed by atoms with van der Waals surface area (Å²) in [6.45, 7) is 4.17. The van der Waals surface area contributed by atoms with E-state index in [2.05, 4.69) is 35.9 Å². The number of nitrogen functional groups attached to an aromatic ring is 1. The van der Waals surface area contributed by atoms with Gasteiger partial charge in [-0.05, 0) is 55.3 Å². The largest absolute Gasteiger partial charge is 0.399 e. The second kappa shape index (κ2) is 4.28. The fourth-order valence-electron chi connectivity index (χ4n) is 2.12. The van der Waals surface area contributed by atoms with E-state index in [9.17, 15) is 0 Å². The van der Waals surface area contributed by atoms with Crippen LogP contribution in [0.2, 0.25) is 5.02 Å². The number of hydrogen-bond donors (Lipinski definition) is 2. The minimum absolute atomic E-state index is 0.604. The fraction of sp³-hybridized carbons (Fsp3) is 0.133. The Labute approximate surface area is 116 Å². The molecule has 0 unspecified atom stereocenters. The molecule has 0 amide bonds. The predicted molar refractivity (Wildman–Crippen MR) is 80.4 cm³/mol. The molecule has 3 aromatic rings. The van der Waals surface area contributed by atoms with Crippen molar-refractivity contribution in [3.63, 3.8) is 0 Å². The molecule has 19 heavy (non-hydrogen) atoms. The summed E-state index contributed by atoms with van der Waals surface area (Å²) in [5, 5.41) is 0.604. The molecule has 1 heterocycles. The van der Waals surface area contributed by atoms with Crippen LogP contribution in [-0.2, 0) is 0 Å². The van der Waals surface area contributed by atoms with Crippen LogP contribution in [-0.4, -0.2) is 9.97 Å². The molecule has 3 nitrogen and oxygen atoms in total. The average Bonchev–Trinajstić information content (AvgIpc) is 2.72. The van der Waals surface area contributed by atoms with Crippen LogP contribution in [0, 0.1) is 13.8 Å². The van der Waals surface area contributed by atoms with E-state index in [-0.39, 0.29) is 0 Å². The van der Waals surface area contributed by atoms with Gasteiger partial charge >= 0.3 is 0 Å². The number of hydrogen-bond acceptors (Lipinski definition) is 2. The van der Waals surface area contributed by atoms with Crippen molar-refractivity contribution in [2.75, 3.05) is 5.73 Å². The summed E-state index contributed by atoms with van der Waals surface area (Å²) in [4.78, 5) is 7.90. The number of nitrogens with zero attached hydrogens (tertiary/aromatic N) is 1. The number of aromatic nitrogens is 2. The summed E-state index contributed by atoms with van der Waals surface area (Å²) >= 11 is 6.21. The molecule has 1 aromatic heterocycles. The SMILES string of the molecule is Cc1cc2nc(-c3ccc(N)cc3Cl)[nH]c2cc1C. The third-order valence-electron chi connectivity index (χ3n) is 3.35. The molecular weight excluding hydrogens is 258 g/mol. The van der Waals surface area contributed by atoms with Crippen molar-refractivity contribution in [1.29, 1.82) is 0 Å². The second-order valence-electron chi connectivity index (χ2n) is 4.78. The lowest BCUT2D eigenvalue weighted by Crippen LogP contribution is -1.87. The Hall–Kier alpha value is -2.00. The smallest absolute Gasteiger partial charge is 0.140 e. The van der Waals surface area contributed by atoms with Gasteiger partial charge in [-0.3, -0.25) is 0 Å². The number of aryl methyl sites for hydroxylation is 2. The lowest BCUT2D eigenvalue weighted by Gasteiger charge is -2.01. The van der Waals surface area contributed by atoms with Crippen molar-refractivity contribution < 1.29 is 0 Å². The Balaban J connectivity index is 2.20. The van der Waals surface area contributed by atoms with E-state index in [4.69, 9.17) is 17.3 Å². The highest BCUT2D eigenvalue weighted by molar-refractivity contribution is 6.33. The first-order valence-corrected chi connectivity index (χ1v) is 6.45. The van der Waals surface area contributed by atoms with E-state index in [1.54, 1.807) is 6.07 Å². The Morgan fingerprint density at radius 1 is 1.11 bits per heavy atom. The second-order valence-corrected chi connectivity index (χ2v) is 5.19. The first kappa shape index (κ1) is 12.1. The molecule has 3 rings (SSSR count). The van der Waals surface area contributed by atoms with Gasteiger partial charge in [-0.25, -0.2) is 4.98 Å². The summed E-state index contributed by atoms with van der Waals surface area (Å²) in [6, 6.07) is 9.63. The van der Waals surface area contributed by atoms with Crippen LogP contribution in [0.3, 0.4) is 0 Å². The highest BCUT2D eigenvalue weighted by Crippen LogP contribution is 2.29. The van der Waals surface area contributed by atoms with Gasteiger partial charge in [-0.15, -0.1) is 0 Å². The van der Waals surface area contributed by atoms with Gasteiger partial charge in [-0.1, -0.05) is 11.6 Å². The summed E-state index contributed by atoms with van der Waals surface area (Å²) in [7, 11) is 0. The van der Waals surface area contributed by atoms with E-state index < -0.39 is 0 Å². The highest BCUT2D eigenvalue weighted by atomic mass is 35.5. The van der Waals surface area contributed by atoms with Crippen LogP contribution in [0.25, 0.3) is 22.4 Å². The van der Waals surface area contributed by atoms with Crippen LogP contribution in [0.4, 0.5) is 5.69 Å². The molecule has 0 radical (unpaired) electrons. The third-order valence-corrected chi connectivity index (χ3v) is 3.66. The lowest BCUT2D eigenvalue weighted by atomic mass is 10.1. The van der Waals surface area contributed by atoms with Crippen molar-refractivity contribution in [1.82, 2.24) is 9.97 Å². The first-order valence-electron chi connectivity index (χ1n) is 6.07. The molecule has 0 aliphatic rings. The van der Waals surface area contributed by atoms with Crippen LogP contribution in [0.1, 0.15) is 11.1 Å². The highest BCUT2D eigenvalue weighted by Gasteiger charge is 2.10. The molecule has 4 heteroatoms. The normalized spacial score (nSPS) is 11.1. The van der Waals surface area contributed by atoms with Gasteiger partial charge in [0.05, 0.1) is 16.1 Å². The van der Waals surface area contributed by atoms with Gasteiger partial charge in [0.2, 0.25) is 0 Å². The number of benzene rings is 2. The lowest BCUT2D eigenvalue weighted by molar-refractivity contribution is 1.34. The maximum absolute atomic E-state index is 6.21. The molecule has 0 atom stereocenters. The minimum atomic E-state index is 0.604. The van der Waals surface area contributed by atoms with Gasteiger partial charge in [0, 0.05) is 11.3 Å². The minimum Gasteiger partial charge on any atom is -0.399 e. The first-order chi connectivity index (χ1) is 9.04. The topological polar surface area (TPSA) is 54.7 Å². The number of imidazole rings is 1. The summed E-state index contributed by atoms with van der Waals surface area (Å²) < 4.78 is 0. The molecule has 0 fully saturated rings. The number of H-pyrrole nitrogens is 1. The number of halogens is 1. The van der Waals surface area contributed by atoms with Crippen molar-refractivity contribution >= 4 is 28.3 Å². The third kappa shape index (κ3) is 2.06. The van der Waals surface area contributed by atoms with Crippen molar-refractivity contribution in [3.05, 3.63) is 46.5 Å². The van der Waals surface area contributed by atoms with E-state index in [1.807, 2.05) is 12.1 Å². The molecule has 0 saturated carbocycles. The van der Waals surface area contributed by atoms with Gasteiger partial charge in [0.25, 0.3) is 0 Å². The van der Waals surface area contributed by atoms with Crippen molar-refractivity contribution in [3.8, 4) is 11.4 Å². The van der Waals surface area contributed by atoms with Crippen LogP contribution >= 0.6 is 11.6 Å². The van der Waals surface area contributed by atoms with E-state index >= 15 is 0 Å². The van der Waals surface area contributed by atoms with Gasteiger partial charge in [-0.2, -0.15) is 0 Å². The van der Waals surface area contributed by atoms with Crippen molar-refractivity contribution in [2.24, 2.45) is 0 Å². The van der Waals surface area contributed by atoms with Crippen molar-refractivity contribution in [2.45, 2.75) is 13.8 Å². The number of rotatable bonds is 1. The Morgan fingerprint density at radius 3 is 2.58 bits per heavy atom. The summed E-state index contributed by atoms with van der Waals surface area (Å²) in [6.07, 6.45) is 0. The Morgan fingerprint density at radius 2 is 1.84 bits per heavy atom. The number of nitrogens with one attached hydrogen (secondary N) is 1. The molecule has 3 N–H and O–H groups in total. The van der Waals surface area contributed by atoms with E-state index in [0.717, 1.165) is 22.4 Å². The van der Waals surface area contributed by atoms with Crippen LogP contribution in [0.15, 0.2) is 30.3 Å². The fourth-order valence-corrected chi connectivity index (χ4v) is 2.40. The number of nitrogens with two attached hydrogens (primary N) is 1. The summed E-state index contributed by atoms with van der Waals surface area (Å²) in [5.74, 6) is 0.769. The zero-order chi connectivity index (χ0) is 13.6. The molecule has 0 bridgehead atoms. The molecule has 2 aromatic carbocycles. The molecule has 96 valence electrons. The maximum Gasteiger partial charge on any atom is 0.140 e. The predicted octanol–water partition coefficient (Wildman–Crippen LogP) is 4.08. The molecule has 0 aliphatic carbocycles. The molecule has 0 spiro atoms. The van der Waals surface area contributed by atoms with Crippen LogP contribution < -0.4 is 5.73 Å². The van der Waals surface area contributed by atoms with Gasteiger partial charge in [0.15, 0.2) is 0 Å². The number of fused-ring (bicyclic) bond motifs is 1. The van der Waals surface area contributed by atoms with E-state index in [0.29, 0.717) is 10.7 Å². The maximum atomic E-state index is 6.21. The Bertz CT molecular complexity index is 735. The standard InChI is InChI=1S/C15H14ClN3/c1-8-5-13-14(6-9(8)2)19-15(18-13)11-4-3-10(17)7-12(11)16/h3-7H,17H2,1-2H3,(H,18,19). The Kier molecular flexibility index (Phi) is 2.72. The zero-order valence-corrected chi connectivity index (χ0v) is 11.5. The number of aromatic amines is 1.